The van der Waals surface area contributed by atoms with Crippen LogP contribution in [-0.2, 0) is 0 Å². The second-order valence-corrected chi connectivity index (χ2v) is 5.90. The van der Waals surface area contributed by atoms with Gasteiger partial charge in [-0.25, -0.2) is 0 Å². The molecule has 0 radical (unpaired) electrons. The molecule has 4 N–H and O–H groups in total. The lowest BCUT2D eigenvalue weighted by molar-refractivity contribution is 0.0872. The average Bonchev–Trinajstić information content (AvgIpc) is 2.42. The Bertz CT molecular complexity index is 465. The SMILES string of the molecule is Nc1ccc(C(=O)NC2CCCCC2CO)cc1Br. The highest BCUT2D eigenvalue weighted by Gasteiger charge is 2.26. The Morgan fingerprint density at radius 3 is 2.84 bits per heavy atom. The van der Waals surface area contributed by atoms with Crippen molar-refractivity contribution in [1.29, 1.82) is 0 Å². The smallest absolute Gasteiger partial charge is 0.251 e. The fraction of sp³-hybridized carbons (Fsp3) is 0.500. The van der Waals surface area contributed by atoms with Crippen LogP contribution in [0.5, 0.6) is 0 Å². The largest absolute Gasteiger partial charge is 0.398 e. The van der Waals surface area contributed by atoms with Crippen LogP contribution in [0.3, 0.4) is 0 Å². The molecule has 5 heteroatoms. The van der Waals surface area contributed by atoms with Gasteiger partial charge >= 0.3 is 0 Å². The predicted octanol–water partition coefficient (Wildman–Crippen LogP) is 2.31. The molecular formula is C14H19BrN2O2. The van der Waals surface area contributed by atoms with E-state index >= 15 is 0 Å². The van der Waals surface area contributed by atoms with Crippen molar-refractivity contribution in [3.63, 3.8) is 0 Å². The zero-order chi connectivity index (χ0) is 13.8. The van der Waals surface area contributed by atoms with Crippen molar-refractivity contribution in [3.05, 3.63) is 28.2 Å². The molecular weight excluding hydrogens is 308 g/mol. The lowest BCUT2D eigenvalue weighted by Gasteiger charge is -2.30. The van der Waals surface area contributed by atoms with E-state index in [0.717, 1.165) is 30.2 Å². The van der Waals surface area contributed by atoms with Crippen molar-refractivity contribution in [1.82, 2.24) is 5.32 Å². The van der Waals surface area contributed by atoms with E-state index in [1.165, 1.54) is 0 Å². The number of aliphatic hydroxyl groups excluding tert-OH is 1. The Hall–Kier alpha value is -1.07. The fourth-order valence-electron chi connectivity index (χ4n) is 2.54. The summed E-state index contributed by atoms with van der Waals surface area (Å²) in [6.45, 7) is 0.135. The van der Waals surface area contributed by atoms with Gasteiger partial charge in [0.2, 0.25) is 0 Å². The Morgan fingerprint density at radius 2 is 2.16 bits per heavy atom. The maximum absolute atomic E-state index is 12.2. The summed E-state index contributed by atoms with van der Waals surface area (Å²) >= 11 is 3.32. The van der Waals surface area contributed by atoms with Crippen LogP contribution in [0, 0.1) is 5.92 Å². The summed E-state index contributed by atoms with van der Waals surface area (Å²) in [5.74, 6) is 0.0703. The first-order valence-corrected chi connectivity index (χ1v) is 7.38. The highest BCUT2D eigenvalue weighted by atomic mass is 79.9. The van der Waals surface area contributed by atoms with Gasteiger partial charge in [-0.2, -0.15) is 0 Å². The molecule has 0 aromatic heterocycles. The lowest BCUT2D eigenvalue weighted by atomic mass is 9.85. The van der Waals surface area contributed by atoms with Gasteiger partial charge in [-0.3, -0.25) is 4.79 Å². The zero-order valence-electron chi connectivity index (χ0n) is 10.7. The molecule has 2 atom stereocenters. The first kappa shape index (κ1) is 14.3. The number of aliphatic hydroxyl groups is 1. The molecule has 0 heterocycles. The van der Waals surface area contributed by atoms with E-state index in [1.54, 1.807) is 18.2 Å². The molecule has 2 rings (SSSR count). The normalized spacial score (nSPS) is 23.1. The Morgan fingerprint density at radius 1 is 1.42 bits per heavy atom. The minimum absolute atomic E-state index is 0.0718. The number of nitrogens with two attached hydrogens (primary N) is 1. The maximum Gasteiger partial charge on any atom is 0.251 e. The first-order valence-electron chi connectivity index (χ1n) is 6.58. The quantitative estimate of drug-likeness (QED) is 0.746. The molecule has 19 heavy (non-hydrogen) atoms. The molecule has 104 valence electrons. The minimum Gasteiger partial charge on any atom is -0.398 e. The molecule has 1 fully saturated rings. The number of nitrogen functional groups attached to an aromatic ring is 1. The minimum atomic E-state index is -0.106. The highest BCUT2D eigenvalue weighted by molar-refractivity contribution is 9.10. The molecule has 0 spiro atoms. The van der Waals surface area contributed by atoms with Gasteiger partial charge in [0.1, 0.15) is 0 Å². The topological polar surface area (TPSA) is 75.4 Å². The summed E-state index contributed by atoms with van der Waals surface area (Å²) in [5.41, 5.74) is 6.90. The van der Waals surface area contributed by atoms with Gasteiger partial charge in [0.05, 0.1) is 0 Å². The molecule has 0 bridgehead atoms. The van der Waals surface area contributed by atoms with Crippen LogP contribution >= 0.6 is 15.9 Å². The molecule has 1 aromatic rings. The molecule has 1 saturated carbocycles. The van der Waals surface area contributed by atoms with Crippen LogP contribution in [0.15, 0.2) is 22.7 Å². The fourth-order valence-corrected chi connectivity index (χ4v) is 2.92. The van der Waals surface area contributed by atoms with Crippen LogP contribution < -0.4 is 11.1 Å². The van der Waals surface area contributed by atoms with E-state index in [1.807, 2.05) is 0 Å². The van der Waals surface area contributed by atoms with Crippen LogP contribution in [0.2, 0.25) is 0 Å². The van der Waals surface area contributed by atoms with Gasteiger partial charge in [-0.1, -0.05) is 12.8 Å². The molecule has 1 amide bonds. The van der Waals surface area contributed by atoms with Gasteiger partial charge in [0.25, 0.3) is 5.91 Å². The predicted molar refractivity (Wildman–Crippen MR) is 78.9 cm³/mol. The summed E-state index contributed by atoms with van der Waals surface area (Å²) in [6, 6.07) is 5.22. The third-order valence-corrected chi connectivity index (χ3v) is 4.41. The number of carbonyl (C=O) groups excluding carboxylic acids is 1. The van der Waals surface area contributed by atoms with Crippen molar-refractivity contribution in [3.8, 4) is 0 Å². The van der Waals surface area contributed by atoms with E-state index in [9.17, 15) is 9.90 Å². The maximum atomic E-state index is 12.2. The second-order valence-electron chi connectivity index (χ2n) is 5.04. The van der Waals surface area contributed by atoms with E-state index in [0.29, 0.717) is 11.3 Å². The van der Waals surface area contributed by atoms with Crippen LogP contribution in [0.25, 0.3) is 0 Å². The van der Waals surface area contributed by atoms with Crippen molar-refractivity contribution in [2.45, 2.75) is 31.7 Å². The summed E-state index contributed by atoms with van der Waals surface area (Å²) in [5, 5.41) is 12.4. The van der Waals surface area contributed by atoms with Gasteiger partial charge in [-0.05, 0) is 47.0 Å². The molecule has 1 aliphatic rings. The van der Waals surface area contributed by atoms with Gasteiger partial charge in [-0.15, -0.1) is 0 Å². The molecule has 0 aliphatic heterocycles. The van der Waals surface area contributed by atoms with E-state index in [-0.39, 0.29) is 24.5 Å². The zero-order valence-corrected chi connectivity index (χ0v) is 12.3. The number of benzene rings is 1. The van der Waals surface area contributed by atoms with Crippen molar-refractivity contribution in [2.75, 3.05) is 12.3 Å². The highest BCUT2D eigenvalue weighted by Crippen LogP contribution is 2.25. The van der Waals surface area contributed by atoms with E-state index < -0.39 is 0 Å². The Labute approximate surface area is 121 Å². The van der Waals surface area contributed by atoms with Crippen molar-refractivity contribution >= 4 is 27.5 Å². The standard InChI is InChI=1S/C14H19BrN2O2/c15-11-7-9(5-6-12(11)16)14(19)17-13-4-2-1-3-10(13)8-18/h5-7,10,13,18H,1-4,8,16H2,(H,17,19). The third kappa shape index (κ3) is 3.48. The lowest BCUT2D eigenvalue weighted by Crippen LogP contribution is -2.43. The van der Waals surface area contributed by atoms with Crippen molar-refractivity contribution < 1.29 is 9.90 Å². The first-order chi connectivity index (χ1) is 9.11. The number of anilines is 1. The molecule has 1 aliphatic carbocycles. The van der Waals surface area contributed by atoms with Gasteiger partial charge in [0.15, 0.2) is 0 Å². The van der Waals surface area contributed by atoms with E-state index in [2.05, 4.69) is 21.2 Å². The second kappa shape index (κ2) is 6.39. The number of hydrogen-bond donors (Lipinski definition) is 3. The van der Waals surface area contributed by atoms with Crippen molar-refractivity contribution in [2.24, 2.45) is 5.92 Å². The summed E-state index contributed by atoms with van der Waals surface area (Å²) in [4.78, 5) is 12.2. The van der Waals surface area contributed by atoms with E-state index in [4.69, 9.17) is 5.73 Å². The number of carbonyl (C=O) groups is 1. The summed E-state index contributed by atoms with van der Waals surface area (Å²) in [6.07, 6.45) is 4.15. The Balaban J connectivity index is 2.05. The molecule has 1 aromatic carbocycles. The number of amides is 1. The van der Waals surface area contributed by atoms with Crippen LogP contribution in [-0.4, -0.2) is 23.7 Å². The van der Waals surface area contributed by atoms with Crippen LogP contribution in [0.4, 0.5) is 5.69 Å². The van der Waals surface area contributed by atoms with Gasteiger partial charge < -0.3 is 16.2 Å². The summed E-state index contributed by atoms with van der Waals surface area (Å²) < 4.78 is 0.725. The number of rotatable bonds is 3. The van der Waals surface area contributed by atoms with Gasteiger partial charge in [0, 0.05) is 34.3 Å². The summed E-state index contributed by atoms with van der Waals surface area (Å²) in [7, 11) is 0. The number of halogens is 1. The monoisotopic (exact) mass is 326 g/mol. The average molecular weight is 327 g/mol. The molecule has 4 nitrogen and oxygen atoms in total. The number of nitrogens with one attached hydrogen (secondary N) is 1. The number of hydrogen-bond acceptors (Lipinski definition) is 3. The van der Waals surface area contributed by atoms with Crippen LogP contribution in [0.1, 0.15) is 36.0 Å². The molecule has 2 unspecified atom stereocenters. The Kier molecular flexibility index (Phi) is 4.82. The third-order valence-electron chi connectivity index (χ3n) is 3.72. The molecule has 0 saturated heterocycles.